The molecule has 0 heterocycles. The molecule has 0 aliphatic heterocycles. The van der Waals surface area contributed by atoms with E-state index in [9.17, 15) is 57.1 Å². The van der Waals surface area contributed by atoms with Gasteiger partial charge in [-0.2, -0.15) is 57.1 Å². The summed E-state index contributed by atoms with van der Waals surface area (Å²) < 4.78 is 173. The molecule has 0 bridgehead atoms. The largest absolute Gasteiger partial charge is 0.460 e. The van der Waals surface area contributed by atoms with Crippen LogP contribution in [0.15, 0.2) is 89.9 Å². The highest BCUT2D eigenvalue weighted by Gasteiger charge is 2.90. The molecule has 0 fully saturated rings. The molecule has 0 aliphatic carbocycles. The number of benzene rings is 3. The van der Waals surface area contributed by atoms with Crippen molar-refractivity contribution in [3.63, 3.8) is 0 Å². The topological polar surface area (TPSA) is 12.4 Å². The van der Waals surface area contributed by atoms with E-state index in [4.69, 9.17) is 0 Å². The lowest BCUT2D eigenvalue weighted by Gasteiger charge is -2.39. The van der Waals surface area contributed by atoms with E-state index < -0.39 is 56.7 Å². The van der Waals surface area contributed by atoms with Gasteiger partial charge in [-0.15, -0.1) is 0 Å². The lowest BCUT2D eigenvalue weighted by Crippen LogP contribution is -2.70. The molecule has 1 nitrogen and oxygen atoms in total. The van der Waals surface area contributed by atoms with Crippen LogP contribution in [-0.2, 0) is 0 Å². The van der Waals surface area contributed by atoms with Gasteiger partial charge in [0, 0.05) is 24.7 Å². The van der Waals surface area contributed by atoms with Crippen LogP contribution < -0.4 is 15.9 Å². The van der Waals surface area contributed by atoms with Crippen molar-refractivity contribution in [2.75, 3.05) is 6.54 Å². The van der Waals surface area contributed by atoms with Crippen molar-refractivity contribution in [1.29, 1.82) is 0 Å². The molecule has 0 N–H and O–H groups in total. The van der Waals surface area contributed by atoms with Gasteiger partial charge in [0.1, 0.15) is 0 Å². The maximum absolute atomic E-state index is 14.1. The van der Waals surface area contributed by atoms with Gasteiger partial charge in [-0.05, 0) is 23.8 Å². The number of hydrogen-bond donors (Lipinski definition) is 0. The Morgan fingerprint density at radius 1 is 0.524 bits per heavy atom. The molecule has 0 aromatic heterocycles. The first-order valence-corrected chi connectivity index (χ1v) is 13.1. The molecule has 3 aromatic rings. The third-order valence-corrected chi connectivity index (χ3v) is 8.51. The molecule has 0 atom stereocenters. The number of alkyl halides is 13. The Morgan fingerprint density at radius 3 is 1.43 bits per heavy atom. The maximum atomic E-state index is 14.1. The lowest BCUT2D eigenvalue weighted by atomic mass is 9.92. The molecule has 3 rings (SSSR count). The van der Waals surface area contributed by atoms with E-state index >= 15 is 0 Å². The van der Waals surface area contributed by atoms with Crippen molar-refractivity contribution in [2.24, 2.45) is 4.99 Å². The van der Waals surface area contributed by atoms with Gasteiger partial charge in [-0.25, -0.2) is 0 Å². The number of halogens is 13. The second-order valence-electron chi connectivity index (χ2n) is 8.85. The maximum Gasteiger partial charge on any atom is 0.460 e. The van der Waals surface area contributed by atoms with Gasteiger partial charge in [0.15, 0.2) is 0 Å². The van der Waals surface area contributed by atoms with Gasteiger partial charge in [0.25, 0.3) is 0 Å². The van der Waals surface area contributed by atoms with Crippen molar-refractivity contribution < 1.29 is 57.1 Å². The van der Waals surface area contributed by atoms with Gasteiger partial charge in [0.2, 0.25) is 0 Å². The van der Waals surface area contributed by atoms with Crippen molar-refractivity contribution in [3.8, 4) is 0 Å². The quantitative estimate of drug-likeness (QED) is 0.115. The molecule has 15 heteroatoms. The predicted molar refractivity (Wildman–Crippen MR) is 133 cm³/mol. The van der Waals surface area contributed by atoms with Crippen LogP contribution >= 0.6 is 7.92 Å². The summed E-state index contributed by atoms with van der Waals surface area (Å²) in [6.45, 7) is -1.40. The van der Waals surface area contributed by atoms with Crippen LogP contribution in [0.3, 0.4) is 0 Å². The summed E-state index contributed by atoms with van der Waals surface area (Å²) in [5.74, 6) is -37.0. The fourth-order valence-electron chi connectivity index (χ4n) is 3.71. The van der Waals surface area contributed by atoms with Crippen LogP contribution in [0.25, 0.3) is 0 Å². The summed E-state index contributed by atoms with van der Waals surface area (Å²) >= 11 is 0. The number of nitrogens with zero attached hydrogens (tertiary/aromatic N) is 1. The molecule has 0 spiro atoms. The first kappa shape index (κ1) is 33.4. The standard InChI is InChI=1S/C27H19F13NP/c28-22(29,23(30,31)24(32,33)25(34,35)26(36,37)27(38,39)40)15-16-41-17-18-9-7-8-14-21(18)42(19-10-3-1-4-11-19)20-12-5-2-6-13-20/h1-14,17H,15-16H2. The fraction of sp³-hybridized carbons (Fsp3) is 0.296. The molecule has 42 heavy (non-hydrogen) atoms. The van der Waals surface area contributed by atoms with Crippen LogP contribution in [0.5, 0.6) is 0 Å². The average molecular weight is 635 g/mol. The molecular weight excluding hydrogens is 616 g/mol. The van der Waals surface area contributed by atoms with E-state index in [1.54, 1.807) is 48.5 Å². The summed E-state index contributed by atoms with van der Waals surface area (Å²) in [5, 5.41) is 2.32. The third kappa shape index (κ3) is 6.00. The zero-order valence-electron chi connectivity index (χ0n) is 20.9. The first-order chi connectivity index (χ1) is 19.3. The second kappa shape index (κ2) is 11.9. The van der Waals surface area contributed by atoms with Crippen LogP contribution in [0.2, 0.25) is 0 Å². The third-order valence-electron chi connectivity index (χ3n) is 5.99. The summed E-state index contributed by atoms with van der Waals surface area (Å²) in [6, 6.07) is 24.3. The minimum Gasteiger partial charge on any atom is -0.292 e. The Morgan fingerprint density at radius 2 is 0.952 bits per heavy atom. The first-order valence-electron chi connectivity index (χ1n) is 11.7. The molecule has 0 saturated carbocycles. The van der Waals surface area contributed by atoms with Crippen molar-refractivity contribution in [1.82, 2.24) is 0 Å². The molecule has 3 aromatic carbocycles. The molecule has 0 aliphatic rings. The highest BCUT2D eigenvalue weighted by Crippen LogP contribution is 2.60. The van der Waals surface area contributed by atoms with Crippen LogP contribution in [0, 0.1) is 0 Å². The normalized spacial score (nSPS) is 14.1. The van der Waals surface area contributed by atoms with Gasteiger partial charge in [0.05, 0.1) is 0 Å². The molecule has 0 amide bonds. The number of hydrogen-bond acceptors (Lipinski definition) is 1. The van der Waals surface area contributed by atoms with E-state index in [0.29, 0.717) is 10.9 Å². The number of rotatable bonds is 11. The Hall–Kier alpha value is -3.15. The number of aliphatic imine (C=N–C) groups is 1. The lowest BCUT2D eigenvalue weighted by molar-refractivity contribution is -0.440. The monoisotopic (exact) mass is 635 g/mol. The van der Waals surface area contributed by atoms with Crippen LogP contribution in [0.4, 0.5) is 57.1 Å². The molecule has 228 valence electrons. The summed E-state index contributed by atoms with van der Waals surface area (Å²) in [5.41, 5.74) is 0.299. The molecule has 0 unspecified atom stereocenters. The Bertz CT molecular complexity index is 1320. The van der Waals surface area contributed by atoms with Gasteiger partial charge < -0.3 is 0 Å². The fourth-order valence-corrected chi connectivity index (χ4v) is 6.13. The minimum atomic E-state index is -7.92. The van der Waals surface area contributed by atoms with E-state index in [2.05, 4.69) is 4.99 Å². The van der Waals surface area contributed by atoms with E-state index in [1.165, 1.54) is 12.1 Å². The average Bonchev–Trinajstić information content (AvgIpc) is 2.92. The van der Waals surface area contributed by atoms with E-state index in [1.807, 2.05) is 24.3 Å². The zero-order chi connectivity index (χ0) is 31.6. The SMILES string of the molecule is FC(F)(F)C(F)(F)C(F)(F)C(F)(F)C(F)(F)C(F)(F)CCN=Cc1ccccc1P(c1ccccc1)c1ccccc1. The summed E-state index contributed by atoms with van der Waals surface area (Å²) in [4.78, 5) is 3.51. The van der Waals surface area contributed by atoms with Gasteiger partial charge in [-0.3, -0.25) is 4.99 Å². The van der Waals surface area contributed by atoms with Crippen LogP contribution in [0.1, 0.15) is 12.0 Å². The molecule has 0 saturated heterocycles. The van der Waals surface area contributed by atoms with Crippen molar-refractivity contribution >= 4 is 30.0 Å². The smallest absolute Gasteiger partial charge is 0.292 e. The van der Waals surface area contributed by atoms with Crippen molar-refractivity contribution in [3.05, 3.63) is 90.5 Å². The van der Waals surface area contributed by atoms with Gasteiger partial charge >= 0.3 is 35.8 Å². The minimum absolute atomic E-state index is 0.299. The van der Waals surface area contributed by atoms with Crippen molar-refractivity contribution in [2.45, 2.75) is 42.2 Å². The highest BCUT2D eigenvalue weighted by molar-refractivity contribution is 7.80. The predicted octanol–water partition coefficient (Wildman–Crippen LogP) is 7.99. The van der Waals surface area contributed by atoms with Crippen LogP contribution in [-0.4, -0.2) is 48.5 Å². The molecule has 0 radical (unpaired) electrons. The second-order valence-corrected chi connectivity index (χ2v) is 11.0. The van der Waals surface area contributed by atoms with E-state index in [-0.39, 0.29) is 0 Å². The summed E-state index contributed by atoms with van der Waals surface area (Å²) in [6.07, 6.45) is -8.87. The highest BCUT2D eigenvalue weighted by atomic mass is 31.1. The Kier molecular flexibility index (Phi) is 9.41. The van der Waals surface area contributed by atoms with E-state index in [0.717, 1.165) is 16.8 Å². The summed E-state index contributed by atoms with van der Waals surface area (Å²) in [7, 11) is -1.28. The molecular formula is C27H19F13NP. The zero-order valence-corrected chi connectivity index (χ0v) is 21.8. The Balaban J connectivity index is 1.88. The Labute approximate surface area is 231 Å². The van der Waals surface area contributed by atoms with Gasteiger partial charge in [-0.1, -0.05) is 84.9 Å².